The molecule has 0 bridgehead atoms. The molecule has 6 heteroatoms. The third kappa shape index (κ3) is 2.70. The Labute approximate surface area is 143 Å². The molecule has 0 aromatic rings. The van der Waals surface area contributed by atoms with Crippen LogP contribution in [0.3, 0.4) is 0 Å². The van der Waals surface area contributed by atoms with Gasteiger partial charge >= 0.3 is 6.03 Å². The maximum atomic E-state index is 13.0. The molecule has 1 N–H and O–H groups in total. The summed E-state index contributed by atoms with van der Waals surface area (Å²) in [5.41, 5.74) is -0.783. The second kappa shape index (κ2) is 6.37. The first kappa shape index (κ1) is 17.2. The molecule has 4 atom stereocenters. The number of hydrogen-bond acceptors (Lipinski definition) is 3. The van der Waals surface area contributed by atoms with E-state index in [9.17, 15) is 14.4 Å². The molecule has 2 saturated heterocycles. The first-order valence-corrected chi connectivity index (χ1v) is 9.32. The van der Waals surface area contributed by atoms with Crippen LogP contribution < -0.4 is 5.32 Å². The second-order valence-electron chi connectivity index (χ2n) is 7.87. The van der Waals surface area contributed by atoms with Crippen LogP contribution in [0.2, 0.25) is 0 Å². The normalized spacial score (nSPS) is 37.0. The molecule has 1 saturated carbocycles. The zero-order valence-corrected chi connectivity index (χ0v) is 15.0. The third-order valence-corrected chi connectivity index (χ3v) is 6.28. The monoisotopic (exact) mass is 335 g/mol. The lowest BCUT2D eigenvalue weighted by Gasteiger charge is -2.40. The first-order chi connectivity index (χ1) is 11.4. The van der Waals surface area contributed by atoms with E-state index in [1.54, 1.807) is 0 Å². The van der Waals surface area contributed by atoms with Gasteiger partial charge in [0.05, 0.1) is 0 Å². The molecule has 134 valence electrons. The van der Waals surface area contributed by atoms with Crippen molar-refractivity contribution in [3.63, 3.8) is 0 Å². The minimum absolute atomic E-state index is 0.112. The molecular formula is C18H29N3O3. The summed E-state index contributed by atoms with van der Waals surface area (Å²) in [5, 5.41) is 2.92. The number of piperidine rings is 1. The lowest BCUT2D eigenvalue weighted by molar-refractivity contribution is -0.143. The van der Waals surface area contributed by atoms with Gasteiger partial charge in [0.1, 0.15) is 12.1 Å². The van der Waals surface area contributed by atoms with Crippen LogP contribution in [0.5, 0.6) is 0 Å². The van der Waals surface area contributed by atoms with Gasteiger partial charge in [0, 0.05) is 12.1 Å². The Morgan fingerprint density at radius 3 is 2.38 bits per heavy atom. The highest BCUT2D eigenvalue weighted by Crippen LogP contribution is 2.38. The van der Waals surface area contributed by atoms with E-state index in [0.29, 0.717) is 6.42 Å². The Kier molecular flexibility index (Phi) is 4.58. The zero-order valence-electron chi connectivity index (χ0n) is 15.0. The van der Waals surface area contributed by atoms with Crippen LogP contribution in [-0.2, 0) is 9.59 Å². The number of carbonyl (C=O) groups is 3. The number of nitrogens with one attached hydrogen (secondary N) is 1. The number of hydrogen-bond donors (Lipinski definition) is 1. The Bertz CT molecular complexity index is 540. The zero-order chi connectivity index (χ0) is 17.5. The number of nitrogens with zero attached hydrogens (tertiary/aromatic N) is 2. The van der Waals surface area contributed by atoms with Crippen LogP contribution in [0.4, 0.5) is 4.79 Å². The average molecular weight is 335 g/mol. The Balaban J connectivity index is 1.74. The van der Waals surface area contributed by atoms with E-state index in [-0.39, 0.29) is 36.4 Å². The van der Waals surface area contributed by atoms with Crippen molar-refractivity contribution in [3.05, 3.63) is 0 Å². The summed E-state index contributed by atoms with van der Waals surface area (Å²) in [6.07, 6.45) is 6.74. The SMILES string of the molecule is C[C@@H]1CCC[C@H](C)N1C(=O)CN1C(=O)N[C@@]2(CCCC[C@H]2C)C1=O. The van der Waals surface area contributed by atoms with E-state index in [1.165, 1.54) is 0 Å². The number of amides is 4. The van der Waals surface area contributed by atoms with Gasteiger partial charge in [-0.25, -0.2) is 4.79 Å². The van der Waals surface area contributed by atoms with E-state index in [2.05, 4.69) is 5.32 Å². The molecule has 2 aliphatic heterocycles. The van der Waals surface area contributed by atoms with Gasteiger partial charge in [0.2, 0.25) is 5.91 Å². The largest absolute Gasteiger partial charge is 0.336 e. The molecule has 0 aromatic carbocycles. The Morgan fingerprint density at radius 2 is 1.75 bits per heavy atom. The van der Waals surface area contributed by atoms with Crippen LogP contribution in [0.1, 0.15) is 65.7 Å². The molecule has 24 heavy (non-hydrogen) atoms. The van der Waals surface area contributed by atoms with Crippen LogP contribution in [0.15, 0.2) is 0 Å². The van der Waals surface area contributed by atoms with E-state index in [0.717, 1.165) is 43.4 Å². The van der Waals surface area contributed by atoms with Crippen molar-refractivity contribution >= 4 is 17.8 Å². The van der Waals surface area contributed by atoms with Gasteiger partial charge in [-0.3, -0.25) is 14.5 Å². The van der Waals surface area contributed by atoms with Crippen molar-refractivity contribution in [3.8, 4) is 0 Å². The molecule has 6 nitrogen and oxygen atoms in total. The molecule has 3 aliphatic rings. The van der Waals surface area contributed by atoms with Crippen molar-refractivity contribution in [2.75, 3.05) is 6.54 Å². The standard InChI is InChI=1S/C18H29N3O3/c1-12-7-4-5-10-18(12)16(23)20(17(24)19-18)11-15(22)21-13(2)8-6-9-14(21)3/h12-14H,4-11H2,1-3H3,(H,19,24)/t12-,13-,14+,18-/m1/s1. The molecule has 1 spiro atoms. The summed E-state index contributed by atoms with van der Waals surface area (Å²) in [4.78, 5) is 41.1. The van der Waals surface area contributed by atoms with E-state index < -0.39 is 11.6 Å². The molecule has 1 aliphatic carbocycles. The van der Waals surface area contributed by atoms with Crippen molar-refractivity contribution in [1.29, 1.82) is 0 Å². The molecule has 4 amide bonds. The minimum atomic E-state index is -0.783. The minimum Gasteiger partial charge on any atom is -0.336 e. The van der Waals surface area contributed by atoms with Crippen molar-refractivity contribution in [1.82, 2.24) is 15.1 Å². The van der Waals surface area contributed by atoms with Gasteiger partial charge in [0.15, 0.2) is 0 Å². The number of imide groups is 1. The fraction of sp³-hybridized carbons (Fsp3) is 0.833. The van der Waals surface area contributed by atoms with Gasteiger partial charge < -0.3 is 10.2 Å². The second-order valence-corrected chi connectivity index (χ2v) is 7.87. The molecule has 2 heterocycles. The predicted molar refractivity (Wildman–Crippen MR) is 90.2 cm³/mol. The number of urea groups is 1. The fourth-order valence-electron chi connectivity index (χ4n) is 4.77. The van der Waals surface area contributed by atoms with Gasteiger partial charge in [0.25, 0.3) is 5.91 Å². The number of rotatable bonds is 2. The third-order valence-electron chi connectivity index (χ3n) is 6.28. The smallest absolute Gasteiger partial charge is 0.325 e. The summed E-state index contributed by atoms with van der Waals surface area (Å²) in [6, 6.07) is -0.0615. The molecule has 0 unspecified atom stereocenters. The topological polar surface area (TPSA) is 69.7 Å². The lowest BCUT2D eigenvalue weighted by atomic mass is 9.73. The van der Waals surface area contributed by atoms with E-state index in [4.69, 9.17) is 0 Å². The summed E-state index contributed by atoms with van der Waals surface area (Å²) >= 11 is 0. The molecule has 3 rings (SSSR count). The molecular weight excluding hydrogens is 306 g/mol. The molecule has 0 radical (unpaired) electrons. The van der Waals surface area contributed by atoms with Crippen LogP contribution in [0, 0.1) is 5.92 Å². The van der Waals surface area contributed by atoms with E-state index in [1.807, 2.05) is 25.7 Å². The number of carbonyl (C=O) groups excluding carboxylic acids is 3. The van der Waals surface area contributed by atoms with Crippen LogP contribution in [-0.4, -0.2) is 51.8 Å². The van der Waals surface area contributed by atoms with Crippen LogP contribution >= 0.6 is 0 Å². The van der Waals surface area contributed by atoms with Gasteiger partial charge in [-0.2, -0.15) is 0 Å². The van der Waals surface area contributed by atoms with Gasteiger partial charge in [-0.1, -0.05) is 19.8 Å². The van der Waals surface area contributed by atoms with Crippen molar-refractivity contribution in [2.24, 2.45) is 5.92 Å². The Morgan fingerprint density at radius 1 is 1.08 bits per heavy atom. The van der Waals surface area contributed by atoms with Gasteiger partial charge in [-0.15, -0.1) is 0 Å². The summed E-state index contributed by atoms with van der Waals surface area (Å²) in [7, 11) is 0. The highest BCUT2D eigenvalue weighted by atomic mass is 16.2. The average Bonchev–Trinajstić information content (AvgIpc) is 2.75. The van der Waals surface area contributed by atoms with E-state index >= 15 is 0 Å². The number of likely N-dealkylation sites (tertiary alicyclic amines) is 1. The van der Waals surface area contributed by atoms with Crippen molar-refractivity contribution in [2.45, 2.75) is 83.3 Å². The Hall–Kier alpha value is -1.59. The lowest BCUT2D eigenvalue weighted by Crippen LogP contribution is -2.55. The van der Waals surface area contributed by atoms with Crippen LogP contribution in [0.25, 0.3) is 0 Å². The maximum absolute atomic E-state index is 13.0. The van der Waals surface area contributed by atoms with Gasteiger partial charge in [-0.05, 0) is 51.9 Å². The summed E-state index contributed by atoms with van der Waals surface area (Å²) in [6.45, 7) is 5.99. The molecule has 3 fully saturated rings. The maximum Gasteiger partial charge on any atom is 0.325 e. The first-order valence-electron chi connectivity index (χ1n) is 9.32. The quantitative estimate of drug-likeness (QED) is 0.787. The highest BCUT2D eigenvalue weighted by molar-refractivity contribution is 6.09. The molecule has 0 aromatic heterocycles. The highest BCUT2D eigenvalue weighted by Gasteiger charge is 2.55. The summed E-state index contributed by atoms with van der Waals surface area (Å²) < 4.78 is 0. The van der Waals surface area contributed by atoms with Crippen molar-refractivity contribution < 1.29 is 14.4 Å². The predicted octanol–water partition coefficient (Wildman–Crippen LogP) is 2.28. The summed E-state index contributed by atoms with van der Waals surface area (Å²) in [5.74, 6) is -0.195. The fourth-order valence-corrected chi connectivity index (χ4v) is 4.77.